The number of barbiturate groups is 1. The number of hydrogen-bond donors (Lipinski definition) is 2. The van der Waals surface area contributed by atoms with Crippen molar-refractivity contribution in [1.29, 1.82) is 0 Å². The number of carbonyl (C=O) groups excluding carboxylic acids is 4. The third-order valence-corrected chi connectivity index (χ3v) is 4.10. The number of urea groups is 1. The maximum Gasteiger partial charge on any atom is 0.330 e. The number of carbonyl (C=O) groups is 4. The first-order valence-corrected chi connectivity index (χ1v) is 6.89. The zero-order valence-electron chi connectivity index (χ0n) is 11.5. The van der Waals surface area contributed by atoms with E-state index in [0.717, 1.165) is 24.2 Å². The highest BCUT2D eigenvalue weighted by molar-refractivity contribution is 6.19. The van der Waals surface area contributed by atoms with Crippen molar-refractivity contribution in [3.63, 3.8) is 0 Å². The second-order valence-electron chi connectivity index (χ2n) is 5.28. The minimum absolute atomic E-state index is 0.000625. The average Bonchev–Trinajstić information content (AvgIpc) is 2.46. The van der Waals surface area contributed by atoms with E-state index in [2.05, 4.69) is 10.6 Å². The van der Waals surface area contributed by atoms with Crippen LogP contribution in [0.25, 0.3) is 0 Å². The molecule has 0 bridgehead atoms. The van der Waals surface area contributed by atoms with E-state index < -0.39 is 23.3 Å². The highest BCUT2D eigenvalue weighted by Crippen LogP contribution is 2.40. The molecule has 2 aliphatic rings. The Hall–Kier alpha value is -1.92. The predicted molar refractivity (Wildman–Crippen MR) is 69.5 cm³/mol. The van der Waals surface area contributed by atoms with Gasteiger partial charge in [-0.05, 0) is 12.8 Å². The molecule has 110 valence electrons. The van der Waals surface area contributed by atoms with Crippen molar-refractivity contribution in [3.05, 3.63) is 0 Å². The molecule has 1 aliphatic carbocycles. The third kappa shape index (κ3) is 2.39. The summed E-state index contributed by atoms with van der Waals surface area (Å²) in [6.07, 6.45) is 3.59. The van der Waals surface area contributed by atoms with Crippen molar-refractivity contribution in [2.45, 2.75) is 38.5 Å². The molecule has 2 N–H and O–H groups in total. The first-order valence-electron chi connectivity index (χ1n) is 6.89. The molecule has 7 heteroatoms. The van der Waals surface area contributed by atoms with Crippen molar-refractivity contribution in [3.8, 4) is 0 Å². The summed E-state index contributed by atoms with van der Waals surface area (Å²) in [6.45, 7) is -0.000625. The first-order chi connectivity index (χ1) is 9.51. The smallest absolute Gasteiger partial charge is 0.330 e. The second kappa shape index (κ2) is 5.60. The predicted octanol–water partition coefficient (Wildman–Crippen LogP) is 0.151. The average molecular weight is 281 g/mol. The Morgan fingerprint density at radius 3 is 2.50 bits per heavy atom. The van der Waals surface area contributed by atoms with E-state index in [1.54, 1.807) is 0 Å². The topological polar surface area (TPSA) is 95.6 Å². The van der Waals surface area contributed by atoms with Gasteiger partial charge in [-0.3, -0.25) is 24.6 Å². The number of amides is 5. The summed E-state index contributed by atoms with van der Waals surface area (Å²) in [6, 6.07) is -0.722. The molecular formula is C13H19N3O4. The van der Waals surface area contributed by atoms with Gasteiger partial charge in [-0.15, -0.1) is 0 Å². The molecule has 1 heterocycles. The van der Waals surface area contributed by atoms with Gasteiger partial charge < -0.3 is 5.32 Å². The summed E-state index contributed by atoms with van der Waals surface area (Å²) in [5, 5.41) is 4.70. The molecule has 1 saturated carbocycles. The Kier molecular flexibility index (Phi) is 4.06. The van der Waals surface area contributed by atoms with Crippen LogP contribution in [0, 0.1) is 5.41 Å². The molecule has 5 amide bonds. The zero-order valence-corrected chi connectivity index (χ0v) is 11.5. The van der Waals surface area contributed by atoms with Crippen LogP contribution in [-0.2, 0) is 14.4 Å². The highest BCUT2D eigenvalue weighted by atomic mass is 16.2. The van der Waals surface area contributed by atoms with E-state index in [-0.39, 0.29) is 18.9 Å². The Balaban J connectivity index is 2.16. The van der Waals surface area contributed by atoms with E-state index in [1.807, 2.05) is 0 Å². The summed E-state index contributed by atoms with van der Waals surface area (Å²) in [5.41, 5.74) is -1.10. The van der Waals surface area contributed by atoms with Crippen molar-refractivity contribution in [1.82, 2.24) is 15.5 Å². The molecular weight excluding hydrogens is 262 g/mol. The molecule has 1 aliphatic heterocycles. The maximum absolute atomic E-state index is 12.5. The molecule has 7 nitrogen and oxygen atoms in total. The lowest BCUT2D eigenvalue weighted by molar-refractivity contribution is -0.153. The van der Waals surface area contributed by atoms with Gasteiger partial charge in [-0.25, -0.2) is 4.79 Å². The normalized spacial score (nSPS) is 21.9. The van der Waals surface area contributed by atoms with Gasteiger partial charge in [-0.2, -0.15) is 0 Å². The first kappa shape index (κ1) is 14.5. The lowest BCUT2D eigenvalue weighted by Gasteiger charge is -2.41. The highest BCUT2D eigenvalue weighted by Gasteiger charge is 2.53. The molecule has 0 radical (unpaired) electrons. The largest absolute Gasteiger partial charge is 0.359 e. The fourth-order valence-corrected chi connectivity index (χ4v) is 2.87. The van der Waals surface area contributed by atoms with Crippen molar-refractivity contribution < 1.29 is 19.2 Å². The monoisotopic (exact) mass is 281 g/mol. The molecule has 2 fully saturated rings. The lowest BCUT2D eigenvalue weighted by atomic mass is 9.71. The molecule has 1 saturated heterocycles. The second-order valence-corrected chi connectivity index (χ2v) is 5.28. The van der Waals surface area contributed by atoms with Crippen LogP contribution in [-0.4, -0.2) is 42.2 Å². The van der Waals surface area contributed by atoms with E-state index in [4.69, 9.17) is 0 Å². The van der Waals surface area contributed by atoms with Crippen molar-refractivity contribution >= 4 is 23.8 Å². The van der Waals surface area contributed by atoms with Gasteiger partial charge in [0.15, 0.2) is 0 Å². The lowest BCUT2D eigenvalue weighted by Crippen LogP contribution is -2.64. The van der Waals surface area contributed by atoms with Crippen LogP contribution < -0.4 is 10.6 Å². The number of rotatable bonds is 3. The van der Waals surface area contributed by atoms with Gasteiger partial charge in [-0.1, -0.05) is 19.3 Å². The minimum atomic E-state index is -1.10. The number of nitrogens with zero attached hydrogens (tertiary/aromatic N) is 1. The summed E-state index contributed by atoms with van der Waals surface area (Å²) < 4.78 is 0. The summed E-state index contributed by atoms with van der Waals surface area (Å²) in [7, 11) is 1.49. The quantitative estimate of drug-likeness (QED) is 0.720. The molecule has 20 heavy (non-hydrogen) atoms. The Labute approximate surface area is 117 Å². The number of nitrogens with one attached hydrogen (secondary N) is 2. The van der Waals surface area contributed by atoms with Crippen LogP contribution in [0.4, 0.5) is 4.79 Å². The SMILES string of the molecule is CNC(=O)CCN1C(=O)NC(=O)C2(CCCCC2)C1=O. The molecule has 0 aromatic carbocycles. The third-order valence-electron chi connectivity index (χ3n) is 4.10. The van der Waals surface area contributed by atoms with Crippen LogP contribution in [0.3, 0.4) is 0 Å². The van der Waals surface area contributed by atoms with Crippen LogP contribution in [0.2, 0.25) is 0 Å². The summed E-state index contributed by atoms with van der Waals surface area (Å²) in [5.74, 6) is -1.18. The Morgan fingerprint density at radius 1 is 1.25 bits per heavy atom. The fraction of sp³-hybridized carbons (Fsp3) is 0.692. The van der Waals surface area contributed by atoms with Crippen LogP contribution in [0.15, 0.2) is 0 Å². The Bertz CT molecular complexity index is 455. The molecule has 0 aromatic heterocycles. The van der Waals surface area contributed by atoms with Gasteiger partial charge in [0.1, 0.15) is 5.41 Å². The van der Waals surface area contributed by atoms with Crippen molar-refractivity contribution in [2.24, 2.45) is 5.41 Å². The molecule has 0 aromatic rings. The summed E-state index contributed by atoms with van der Waals surface area (Å²) >= 11 is 0. The van der Waals surface area contributed by atoms with Gasteiger partial charge >= 0.3 is 6.03 Å². The molecule has 2 rings (SSSR count). The Morgan fingerprint density at radius 2 is 1.90 bits per heavy atom. The van der Waals surface area contributed by atoms with Crippen LogP contribution >= 0.6 is 0 Å². The number of imide groups is 2. The molecule has 0 unspecified atom stereocenters. The van der Waals surface area contributed by atoms with E-state index in [9.17, 15) is 19.2 Å². The number of hydrogen-bond acceptors (Lipinski definition) is 4. The molecule has 0 atom stereocenters. The van der Waals surface area contributed by atoms with E-state index >= 15 is 0 Å². The standard InChI is InChI=1S/C13H19N3O4/c1-14-9(17)5-8-16-11(19)13(6-3-2-4-7-13)10(18)15-12(16)20/h2-8H2,1H3,(H,14,17)(H,15,18,20). The van der Waals surface area contributed by atoms with E-state index in [1.165, 1.54) is 7.05 Å². The fourth-order valence-electron chi connectivity index (χ4n) is 2.87. The molecule has 1 spiro atoms. The van der Waals surface area contributed by atoms with Crippen molar-refractivity contribution in [2.75, 3.05) is 13.6 Å². The van der Waals surface area contributed by atoms with Gasteiger partial charge in [0.25, 0.3) is 0 Å². The minimum Gasteiger partial charge on any atom is -0.359 e. The van der Waals surface area contributed by atoms with Crippen LogP contribution in [0.1, 0.15) is 38.5 Å². The summed E-state index contributed by atoms with van der Waals surface area (Å²) in [4.78, 5) is 48.6. The van der Waals surface area contributed by atoms with Crippen LogP contribution in [0.5, 0.6) is 0 Å². The van der Waals surface area contributed by atoms with Gasteiger partial charge in [0.05, 0.1) is 0 Å². The zero-order chi connectivity index (χ0) is 14.8. The van der Waals surface area contributed by atoms with Gasteiger partial charge in [0, 0.05) is 20.0 Å². The van der Waals surface area contributed by atoms with Gasteiger partial charge in [0.2, 0.25) is 17.7 Å². The maximum atomic E-state index is 12.5. The van der Waals surface area contributed by atoms with E-state index in [0.29, 0.717) is 12.8 Å².